The number of alkyl halides is 1. The van der Waals surface area contributed by atoms with Crippen LogP contribution in [0.4, 0.5) is 4.39 Å². The molecule has 2 atom stereocenters. The van der Waals surface area contributed by atoms with Gasteiger partial charge in [0, 0.05) is 0 Å². The van der Waals surface area contributed by atoms with Gasteiger partial charge in [-0.25, -0.2) is 4.39 Å². The van der Waals surface area contributed by atoms with Crippen molar-refractivity contribution < 1.29 is 13.9 Å². The fraction of sp³-hybridized carbons (Fsp3) is 1.00. The third-order valence-corrected chi connectivity index (χ3v) is 0.801. The van der Waals surface area contributed by atoms with E-state index in [1.807, 2.05) is 0 Å². The van der Waals surface area contributed by atoms with Crippen molar-refractivity contribution in [3.05, 3.63) is 0 Å². The first-order valence-corrected chi connectivity index (χ1v) is 2.20. The second-order valence-corrected chi connectivity index (χ2v) is 1.45. The van der Waals surface area contributed by atoms with Crippen molar-refractivity contribution in [1.29, 1.82) is 0 Å². The van der Waals surface area contributed by atoms with E-state index >= 15 is 0 Å². The number of rotatable bonds is 0. The summed E-state index contributed by atoms with van der Waals surface area (Å²) >= 11 is 0. The van der Waals surface area contributed by atoms with Crippen LogP contribution in [0, 0.1) is 0 Å². The molecule has 7 heavy (non-hydrogen) atoms. The van der Waals surface area contributed by atoms with Gasteiger partial charge in [-0.1, -0.05) is 0 Å². The molecule has 0 aliphatic carbocycles. The molecule has 0 N–H and O–H groups in total. The van der Waals surface area contributed by atoms with Crippen LogP contribution in [0.2, 0.25) is 0 Å². The lowest BCUT2D eigenvalue weighted by molar-refractivity contribution is -0.0715. The van der Waals surface area contributed by atoms with Crippen LogP contribution in [0.5, 0.6) is 0 Å². The van der Waals surface area contributed by atoms with Crippen LogP contribution in [0.25, 0.3) is 0 Å². The maximum Gasteiger partial charge on any atom is 0.224 e. The SMILES string of the molecule is CC1OCC(F)O1. The zero-order chi connectivity index (χ0) is 5.28. The number of hydrogen-bond acceptors (Lipinski definition) is 2. The monoisotopic (exact) mass is 106 g/mol. The van der Waals surface area contributed by atoms with E-state index in [9.17, 15) is 4.39 Å². The Hall–Kier alpha value is -0.150. The standard InChI is InChI=1S/C4H7FO2/c1-3-6-2-4(5)7-3/h3-4H,2H2,1H3. The topological polar surface area (TPSA) is 18.5 Å². The molecule has 3 heteroatoms. The molecule has 0 spiro atoms. The Balaban J connectivity index is 2.26. The van der Waals surface area contributed by atoms with Crippen molar-refractivity contribution in [3.8, 4) is 0 Å². The summed E-state index contributed by atoms with van der Waals surface area (Å²) in [5.74, 6) is 0. The smallest absolute Gasteiger partial charge is 0.224 e. The van der Waals surface area contributed by atoms with Crippen molar-refractivity contribution in [2.24, 2.45) is 0 Å². The fourth-order valence-electron chi connectivity index (χ4n) is 0.498. The third kappa shape index (κ3) is 1.11. The molecule has 0 saturated carbocycles. The van der Waals surface area contributed by atoms with Crippen LogP contribution in [-0.2, 0) is 9.47 Å². The minimum absolute atomic E-state index is 0.0845. The van der Waals surface area contributed by atoms with Crippen LogP contribution < -0.4 is 0 Å². The summed E-state index contributed by atoms with van der Waals surface area (Å²) in [6.45, 7) is 1.75. The Bertz CT molecular complexity index is 58.7. The molecule has 0 bridgehead atoms. The summed E-state index contributed by atoms with van der Waals surface area (Å²) in [6, 6.07) is 0. The number of ether oxygens (including phenoxy) is 2. The van der Waals surface area contributed by atoms with Crippen molar-refractivity contribution in [2.75, 3.05) is 6.61 Å². The average Bonchev–Trinajstić information content (AvgIpc) is 1.87. The van der Waals surface area contributed by atoms with Gasteiger partial charge < -0.3 is 9.47 Å². The molecule has 1 heterocycles. The molecule has 1 saturated heterocycles. The maximum absolute atomic E-state index is 11.8. The zero-order valence-corrected chi connectivity index (χ0v) is 4.06. The summed E-state index contributed by atoms with van der Waals surface area (Å²) in [4.78, 5) is 0. The Kier molecular flexibility index (Phi) is 1.25. The zero-order valence-electron chi connectivity index (χ0n) is 4.06. The molecular weight excluding hydrogens is 99.0 g/mol. The van der Waals surface area contributed by atoms with Gasteiger partial charge in [-0.15, -0.1) is 0 Å². The van der Waals surface area contributed by atoms with Crippen LogP contribution in [0.15, 0.2) is 0 Å². The lowest BCUT2D eigenvalue weighted by Crippen LogP contribution is -2.02. The highest BCUT2D eigenvalue weighted by atomic mass is 19.1. The quantitative estimate of drug-likeness (QED) is 0.452. The van der Waals surface area contributed by atoms with Crippen molar-refractivity contribution in [2.45, 2.75) is 19.6 Å². The van der Waals surface area contributed by atoms with Gasteiger partial charge in [0.2, 0.25) is 6.36 Å². The summed E-state index contributed by atoms with van der Waals surface area (Å²) < 4.78 is 21.0. The van der Waals surface area contributed by atoms with Gasteiger partial charge in [-0.2, -0.15) is 0 Å². The second kappa shape index (κ2) is 1.76. The van der Waals surface area contributed by atoms with Gasteiger partial charge >= 0.3 is 0 Å². The first-order valence-electron chi connectivity index (χ1n) is 2.20. The Morgan fingerprint density at radius 2 is 2.43 bits per heavy atom. The van der Waals surface area contributed by atoms with Gasteiger partial charge in [-0.3, -0.25) is 0 Å². The maximum atomic E-state index is 11.8. The summed E-state index contributed by atoms with van der Waals surface area (Å²) in [7, 11) is 0. The van der Waals surface area contributed by atoms with Crippen LogP contribution in [0.1, 0.15) is 6.92 Å². The van der Waals surface area contributed by atoms with E-state index in [1.54, 1.807) is 6.92 Å². The molecule has 1 aliphatic heterocycles. The molecule has 0 aromatic carbocycles. The molecule has 0 radical (unpaired) electrons. The Labute approximate surface area is 41.2 Å². The molecule has 0 aromatic rings. The molecule has 0 amide bonds. The lowest BCUT2D eigenvalue weighted by Gasteiger charge is -1.96. The number of hydrogen-bond donors (Lipinski definition) is 0. The molecular formula is C4H7FO2. The van der Waals surface area contributed by atoms with E-state index in [0.717, 1.165) is 0 Å². The lowest BCUT2D eigenvalue weighted by atomic mass is 10.8. The van der Waals surface area contributed by atoms with Crippen molar-refractivity contribution in [3.63, 3.8) is 0 Å². The molecule has 42 valence electrons. The molecule has 1 aliphatic rings. The van der Waals surface area contributed by atoms with E-state index in [0.29, 0.717) is 0 Å². The highest BCUT2D eigenvalue weighted by Gasteiger charge is 2.20. The van der Waals surface area contributed by atoms with Gasteiger partial charge in [0.25, 0.3) is 0 Å². The molecule has 1 fully saturated rings. The van der Waals surface area contributed by atoms with E-state index in [4.69, 9.17) is 0 Å². The highest BCUT2D eigenvalue weighted by molar-refractivity contribution is 4.47. The first-order chi connectivity index (χ1) is 3.29. The van der Waals surface area contributed by atoms with Crippen LogP contribution in [0.3, 0.4) is 0 Å². The Morgan fingerprint density at radius 1 is 1.71 bits per heavy atom. The third-order valence-electron chi connectivity index (χ3n) is 0.801. The summed E-state index contributed by atoms with van der Waals surface area (Å²) in [5.41, 5.74) is 0. The highest BCUT2D eigenvalue weighted by Crippen LogP contribution is 2.10. The van der Waals surface area contributed by atoms with E-state index in [2.05, 4.69) is 9.47 Å². The van der Waals surface area contributed by atoms with Gasteiger partial charge in [0.15, 0.2) is 6.29 Å². The largest absolute Gasteiger partial charge is 0.347 e. The van der Waals surface area contributed by atoms with Gasteiger partial charge in [0.05, 0.1) is 0 Å². The fourth-order valence-corrected chi connectivity index (χ4v) is 0.498. The molecule has 2 nitrogen and oxygen atoms in total. The molecule has 1 rings (SSSR count). The average molecular weight is 106 g/mol. The molecule has 2 unspecified atom stereocenters. The summed E-state index contributed by atoms with van der Waals surface area (Å²) in [5, 5.41) is 0. The number of halogens is 1. The van der Waals surface area contributed by atoms with Crippen molar-refractivity contribution in [1.82, 2.24) is 0 Å². The first kappa shape index (κ1) is 5.00. The van der Waals surface area contributed by atoms with Gasteiger partial charge in [-0.05, 0) is 6.92 Å². The molecule has 0 aromatic heterocycles. The van der Waals surface area contributed by atoms with Gasteiger partial charge in [0.1, 0.15) is 6.61 Å². The van der Waals surface area contributed by atoms with Crippen LogP contribution >= 0.6 is 0 Å². The van der Waals surface area contributed by atoms with E-state index in [1.165, 1.54) is 0 Å². The normalized spacial score (nSPS) is 42.0. The minimum atomic E-state index is -1.20. The Morgan fingerprint density at radius 3 is 2.57 bits per heavy atom. The van der Waals surface area contributed by atoms with E-state index in [-0.39, 0.29) is 12.9 Å². The van der Waals surface area contributed by atoms with E-state index < -0.39 is 6.36 Å². The second-order valence-electron chi connectivity index (χ2n) is 1.45. The van der Waals surface area contributed by atoms with Crippen LogP contribution in [-0.4, -0.2) is 19.3 Å². The minimum Gasteiger partial charge on any atom is -0.347 e. The predicted molar refractivity (Wildman–Crippen MR) is 21.4 cm³/mol. The summed E-state index contributed by atoms with van der Waals surface area (Å²) in [6.07, 6.45) is -1.55. The van der Waals surface area contributed by atoms with Crippen molar-refractivity contribution >= 4 is 0 Å². The predicted octanol–water partition coefficient (Wildman–Crippen LogP) is 0.675.